The molecule has 6 nitrogen and oxygen atoms in total. The molecule has 1 aromatic rings. The van der Waals surface area contributed by atoms with Gasteiger partial charge in [0.25, 0.3) is 5.91 Å². The van der Waals surface area contributed by atoms with Crippen LogP contribution in [0.4, 0.5) is 0 Å². The summed E-state index contributed by atoms with van der Waals surface area (Å²) in [6, 6.07) is -0.691. The van der Waals surface area contributed by atoms with Crippen molar-refractivity contribution >= 4 is 11.9 Å². The number of aromatic nitrogens is 2. The van der Waals surface area contributed by atoms with Gasteiger partial charge < -0.3 is 10.0 Å². The zero-order valence-corrected chi connectivity index (χ0v) is 12.0. The number of aryl methyl sites for hydroxylation is 1. The smallest absolute Gasteiger partial charge is 0.326 e. The lowest BCUT2D eigenvalue weighted by Gasteiger charge is -2.32. The van der Waals surface area contributed by atoms with Crippen molar-refractivity contribution in [3.05, 3.63) is 23.8 Å². The lowest BCUT2D eigenvalue weighted by Crippen LogP contribution is -2.46. The third-order valence-corrected chi connectivity index (χ3v) is 4.61. The van der Waals surface area contributed by atoms with Crippen molar-refractivity contribution in [2.75, 3.05) is 0 Å². The molecule has 2 heterocycles. The van der Waals surface area contributed by atoms with E-state index in [0.717, 1.165) is 31.4 Å². The van der Waals surface area contributed by atoms with E-state index in [1.54, 1.807) is 11.8 Å². The topological polar surface area (TPSA) is 83.4 Å². The van der Waals surface area contributed by atoms with E-state index in [2.05, 4.69) is 9.97 Å². The van der Waals surface area contributed by atoms with Crippen molar-refractivity contribution in [2.45, 2.75) is 51.1 Å². The van der Waals surface area contributed by atoms with Gasteiger partial charge >= 0.3 is 5.97 Å². The molecule has 1 N–H and O–H groups in total. The van der Waals surface area contributed by atoms with E-state index in [4.69, 9.17) is 0 Å². The van der Waals surface area contributed by atoms with Gasteiger partial charge in [-0.2, -0.15) is 0 Å². The van der Waals surface area contributed by atoms with Crippen LogP contribution in [0.1, 0.15) is 48.3 Å². The molecule has 3 rings (SSSR count). The zero-order valence-electron chi connectivity index (χ0n) is 12.0. The van der Waals surface area contributed by atoms with Crippen LogP contribution in [-0.4, -0.2) is 43.9 Å². The largest absolute Gasteiger partial charge is 0.480 e. The second-order valence-corrected chi connectivity index (χ2v) is 5.96. The highest BCUT2D eigenvalue weighted by Gasteiger charge is 2.47. The number of carboxylic acid groups (broad SMARTS) is 1. The van der Waals surface area contributed by atoms with Gasteiger partial charge in [0.15, 0.2) is 0 Å². The Morgan fingerprint density at radius 1 is 1.24 bits per heavy atom. The predicted molar refractivity (Wildman–Crippen MR) is 74.7 cm³/mol. The van der Waals surface area contributed by atoms with E-state index in [1.807, 2.05) is 0 Å². The van der Waals surface area contributed by atoms with Gasteiger partial charge in [-0.1, -0.05) is 12.8 Å². The molecule has 0 spiro atoms. The van der Waals surface area contributed by atoms with Gasteiger partial charge in [0.05, 0.1) is 11.9 Å². The van der Waals surface area contributed by atoms with E-state index in [9.17, 15) is 14.7 Å². The Bertz CT molecular complexity index is 558. The summed E-state index contributed by atoms with van der Waals surface area (Å²) in [4.78, 5) is 33.9. The molecule has 2 aliphatic rings. The first-order valence-corrected chi connectivity index (χ1v) is 7.42. The van der Waals surface area contributed by atoms with E-state index in [1.165, 1.54) is 12.4 Å². The molecule has 0 aromatic carbocycles. The highest BCUT2D eigenvalue weighted by atomic mass is 16.4. The van der Waals surface area contributed by atoms with Crippen LogP contribution in [0.25, 0.3) is 0 Å². The number of hydrogen-bond acceptors (Lipinski definition) is 4. The third kappa shape index (κ3) is 2.50. The molecule has 1 saturated carbocycles. The minimum absolute atomic E-state index is 0.0375. The summed E-state index contributed by atoms with van der Waals surface area (Å²) in [5.74, 6) is -0.913. The fourth-order valence-electron chi connectivity index (χ4n) is 3.61. The summed E-state index contributed by atoms with van der Waals surface area (Å²) in [5, 5.41) is 9.44. The average molecular weight is 289 g/mol. The second-order valence-electron chi connectivity index (χ2n) is 5.96. The number of fused-ring (bicyclic) bond motifs is 1. The molecule has 1 aromatic heterocycles. The number of aliphatic carboxylic acids is 1. The molecule has 112 valence electrons. The van der Waals surface area contributed by atoms with Crippen molar-refractivity contribution in [3.63, 3.8) is 0 Å². The summed E-state index contributed by atoms with van der Waals surface area (Å²) < 4.78 is 0. The van der Waals surface area contributed by atoms with Gasteiger partial charge in [0, 0.05) is 12.2 Å². The first-order valence-electron chi connectivity index (χ1n) is 7.42. The fraction of sp³-hybridized carbons (Fsp3) is 0.600. The number of nitrogens with zero attached hydrogens (tertiary/aromatic N) is 3. The second kappa shape index (κ2) is 5.42. The number of hydrogen-bond donors (Lipinski definition) is 1. The van der Waals surface area contributed by atoms with Crippen molar-refractivity contribution in [1.29, 1.82) is 0 Å². The van der Waals surface area contributed by atoms with Crippen LogP contribution in [0.15, 0.2) is 12.4 Å². The maximum atomic E-state index is 12.7. The Balaban J connectivity index is 1.90. The van der Waals surface area contributed by atoms with Crippen LogP contribution in [0, 0.1) is 12.8 Å². The molecule has 3 atom stereocenters. The predicted octanol–water partition coefficient (Wildman–Crippen LogP) is 1.64. The Hall–Kier alpha value is -1.98. The lowest BCUT2D eigenvalue weighted by molar-refractivity contribution is -0.141. The summed E-state index contributed by atoms with van der Waals surface area (Å²) >= 11 is 0. The number of carbonyl (C=O) groups is 2. The average Bonchev–Trinajstić information content (AvgIpc) is 2.87. The Labute approximate surface area is 123 Å². The highest BCUT2D eigenvalue weighted by molar-refractivity contribution is 5.95. The molecule has 2 fully saturated rings. The van der Waals surface area contributed by atoms with Crippen LogP contribution >= 0.6 is 0 Å². The number of likely N-dealkylation sites (tertiary alicyclic amines) is 1. The van der Waals surface area contributed by atoms with Crippen LogP contribution in [-0.2, 0) is 4.79 Å². The van der Waals surface area contributed by atoms with Gasteiger partial charge in [-0.3, -0.25) is 9.78 Å². The molecule has 3 unspecified atom stereocenters. The number of rotatable bonds is 2. The van der Waals surface area contributed by atoms with Crippen molar-refractivity contribution in [1.82, 2.24) is 14.9 Å². The molecular formula is C15H19N3O3. The van der Waals surface area contributed by atoms with E-state index in [-0.39, 0.29) is 17.6 Å². The van der Waals surface area contributed by atoms with Crippen LogP contribution in [0.2, 0.25) is 0 Å². The zero-order chi connectivity index (χ0) is 15.0. The van der Waals surface area contributed by atoms with Gasteiger partial charge in [-0.25, -0.2) is 9.78 Å². The van der Waals surface area contributed by atoms with Gasteiger partial charge in [0.2, 0.25) is 0 Å². The monoisotopic (exact) mass is 289 g/mol. The number of amides is 1. The fourth-order valence-corrected chi connectivity index (χ4v) is 3.61. The van der Waals surface area contributed by atoms with Crippen molar-refractivity contribution in [2.24, 2.45) is 5.92 Å². The van der Waals surface area contributed by atoms with Crippen LogP contribution < -0.4 is 0 Å². The molecular weight excluding hydrogens is 270 g/mol. The molecule has 21 heavy (non-hydrogen) atoms. The summed E-state index contributed by atoms with van der Waals surface area (Å²) in [5.41, 5.74) is 0.969. The SMILES string of the molecule is Cc1cnc(C(=O)N2C(C(=O)O)CC3CCCCC32)cn1. The number of carboxylic acids is 1. The molecule has 6 heteroatoms. The van der Waals surface area contributed by atoms with Crippen LogP contribution in [0.3, 0.4) is 0 Å². The maximum absolute atomic E-state index is 12.7. The first kappa shape index (κ1) is 14.0. The Morgan fingerprint density at radius 2 is 2.00 bits per heavy atom. The minimum atomic E-state index is -0.919. The molecule has 0 bridgehead atoms. The molecule has 1 amide bonds. The Kier molecular flexibility index (Phi) is 3.61. The van der Waals surface area contributed by atoms with E-state index < -0.39 is 12.0 Å². The van der Waals surface area contributed by atoms with Crippen molar-refractivity contribution in [3.8, 4) is 0 Å². The standard InChI is InChI=1S/C15H19N3O3/c1-9-7-17-11(8-16-9)14(19)18-12-5-3-2-4-10(12)6-13(18)15(20)21/h7-8,10,12-13H,2-6H2,1H3,(H,20,21). The Morgan fingerprint density at radius 3 is 2.67 bits per heavy atom. The third-order valence-electron chi connectivity index (χ3n) is 4.61. The quantitative estimate of drug-likeness (QED) is 0.895. The van der Waals surface area contributed by atoms with Gasteiger partial charge in [0.1, 0.15) is 11.7 Å². The first-order chi connectivity index (χ1) is 10.1. The van der Waals surface area contributed by atoms with E-state index >= 15 is 0 Å². The molecule has 1 saturated heterocycles. The lowest BCUT2D eigenvalue weighted by atomic mass is 9.84. The van der Waals surface area contributed by atoms with Gasteiger partial charge in [-0.05, 0) is 32.1 Å². The summed E-state index contributed by atoms with van der Waals surface area (Å²) in [7, 11) is 0. The molecule has 1 aliphatic carbocycles. The normalized spacial score (nSPS) is 28.2. The number of carbonyl (C=O) groups excluding carboxylic acids is 1. The molecule has 0 radical (unpaired) electrons. The minimum Gasteiger partial charge on any atom is -0.480 e. The van der Waals surface area contributed by atoms with Crippen molar-refractivity contribution < 1.29 is 14.7 Å². The molecule has 1 aliphatic heterocycles. The maximum Gasteiger partial charge on any atom is 0.326 e. The summed E-state index contributed by atoms with van der Waals surface area (Å²) in [6.07, 6.45) is 7.61. The highest BCUT2D eigenvalue weighted by Crippen LogP contribution is 2.40. The van der Waals surface area contributed by atoms with Crippen LogP contribution in [0.5, 0.6) is 0 Å². The summed E-state index contributed by atoms with van der Waals surface area (Å²) in [6.45, 7) is 1.80. The van der Waals surface area contributed by atoms with E-state index in [0.29, 0.717) is 12.3 Å². The van der Waals surface area contributed by atoms with Gasteiger partial charge in [-0.15, -0.1) is 0 Å².